The number of hydrogen-bond acceptors (Lipinski definition) is 8. The molecule has 11 heteroatoms. The minimum Gasteiger partial charge on any atom is -0.506 e. The lowest BCUT2D eigenvalue weighted by molar-refractivity contribution is 0.109. The second-order valence-corrected chi connectivity index (χ2v) is 9.77. The van der Waals surface area contributed by atoms with Gasteiger partial charge in [0, 0.05) is 31.0 Å². The fourth-order valence-electron chi connectivity index (χ4n) is 3.42. The average Bonchev–Trinajstić information content (AvgIpc) is 3.22. The molecule has 0 unspecified atom stereocenters. The van der Waals surface area contributed by atoms with Crippen LogP contribution in [-0.2, 0) is 4.74 Å². The standard InChI is InChI=1S/C23H29N3O6S2/c27-18-8-7-16(21-20(18)26-23(31)34-21)19(28)13-24-9-12-33-11-4-10-32-14-17(25-22(29)30)15-5-2-1-3-6-15/h1-3,5-8,17,19,24-25,27-28H,4,9-14H2,(H,26,31)(H,29,30)/t17-,19+/m1/s1. The van der Waals surface area contributed by atoms with Gasteiger partial charge in [-0.2, -0.15) is 11.8 Å². The summed E-state index contributed by atoms with van der Waals surface area (Å²) in [6.07, 6.45) is -1.02. The number of phenolic OH excluding ortho intramolecular Hbond substituents is 1. The summed E-state index contributed by atoms with van der Waals surface area (Å²) in [6.45, 7) is 1.87. The normalized spacial score (nSPS) is 13.1. The number of aliphatic hydroxyl groups excluding tert-OH is 1. The van der Waals surface area contributed by atoms with Crippen LogP contribution < -0.4 is 15.5 Å². The van der Waals surface area contributed by atoms with E-state index >= 15 is 0 Å². The van der Waals surface area contributed by atoms with Crippen molar-refractivity contribution in [2.45, 2.75) is 18.6 Å². The Bertz CT molecular complexity index is 1110. The summed E-state index contributed by atoms with van der Waals surface area (Å²) in [5, 5.41) is 35.1. The number of fused-ring (bicyclic) bond motifs is 1. The Morgan fingerprint density at radius 1 is 1.18 bits per heavy atom. The van der Waals surface area contributed by atoms with Crippen LogP contribution in [-0.4, -0.2) is 64.2 Å². The number of H-pyrrole nitrogens is 1. The van der Waals surface area contributed by atoms with Gasteiger partial charge in [-0.1, -0.05) is 47.7 Å². The van der Waals surface area contributed by atoms with Crippen LogP contribution in [0.25, 0.3) is 10.2 Å². The molecule has 0 bridgehead atoms. The first-order chi connectivity index (χ1) is 16.5. The van der Waals surface area contributed by atoms with Crippen LogP contribution in [0.3, 0.4) is 0 Å². The molecular formula is C23H29N3O6S2. The lowest BCUT2D eigenvalue weighted by Crippen LogP contribution is -2.30. The lowest BCUT2D eigenvalue weighted by atomic mass is 10.1. The predicted molar refractivity (Wildman–Crippen MR) is 135 cm³/mol. The van der Waals surface area contributed by atoms with Gasteiger partial charge < -0.3 is 35.7 Å². The highest BCUT2D eigenvalue weighted by Crippen LogP contribution is 2.31. The summed E-state index contributed by atoms with van der Waals surface area (Å²) >= 11 is 2.74. The minimum absolute atomic E-state index is 0.00799. The number of aliphatic hydroxyl groups is 1. The number of nitrogens with one attached hydrogen (secondary N) is 3. The Hall–Kier alpha value is -2.57. The molecule has 2 aromatic carbocycles. The molecule has 0 aliphatic carbocycles. The molecule has 184 valence electrons. The molecule has 2 atom stereocenters. The third kappa shape index (κ3) is 7.74. The quantitative estimate of drug-likeness (QED) is 0.183. The van der Waals surface area contributed by atoms with E-state index in [0.29, 0.717) is 35.5 Å². The second-order valence-electron chi connectivity index (χ2n) is 7.57. The first kappa shape index (κ1) is 26.0. The number of benzene rings is 2. The van der Waals surface area contributed by atoms with Gasteiger partial charge in [-0.05, 0) is 23.8 Å². The summed E-state index contributed by atoms with van der Waals surface area (Å²) in [7, 11) is 0. The molecule has 0 saturated heterocycles. The Morgan fingerprint density at radius 3 is 2.74 bits per heavy atom. The number of thioether (sulfide) groups is 1. The van der Waals surface area contributed by atoms with Crippen molar-refractivity contribution in [2.24, 2.45) is 0 Å². The Balaban J connectivity index is 1.28. The van der Waals surface area contributed by atoms with E-state index in [1.54, 1.807) is 17.8 Å². The molecule has 0 fully saturated rings. The summed E-state index contributed by atoms with van der Waals surface area (Å²) in [6, 6.07) is 12.1. The molecule has 3 aromatic rings. The number of carboxylic acid groups (broad SMARTS) is 1. The van der Waals surface area contributed by atoms with Crippen LogP contribution in [0.4, 0.5) is 4.79 Å². The topological polar surface area (TPSA) is 144 Å². The highest BCUT2D eigenvalue weighted by Gasteiger charge is 2.16. The van der Waals surface area contributed by atoms with Gasteiger partial charge in [0.25, 0.3) is 0 Å². The fourth-order valence-corrected chi connectivity index (χ4v) is 5.15. The van der Waals surface area contributed by atoms with Gasteiger partial charge in [-0.3, -0.25) is 4.79 Å². The smallest absolute Gasteiger partial charge is 0.405 e. The van der Waals surface area contributed by atoms with Crippen LogP contribution in [0.15, 0.2) is 47.3 Å². The number of aromatic amines is 1. The number of ether oxygens (including phenoxy) is 1. The number of phenols is 1. The SMILES string of the molecule is O=C(O)N[C@H](COCCCSCCNC[C@H](O)c1ccc(O)c2[nH]c(=O)sc12)c1ccccc1. The Kier molecular flexibility index (Phi) is 10.2. The monoisotopic (exact) mass is 507 g/mol. The maximum Gasteiger partial charge on any atom is 0.405 e. The van der Waals surface area contributed by atoms with Crippen molar-refractivity contribution < 1.29 is 24.9 Å². The summed E-state index contributed by atoms with van der Waals surface area (Å²) < 4.78 is 6.25. The largest absolute Gasteiger partial charge is 0.506 e. The van der Waals surface area contributed by atoms with E-state index in [2.05, 4.69) is 15.6 Å². The van der Waals surface area contributed by atoms with E-state index in [9.17, 15) is 19.8 Å². The molecule has 9 nitrogen and oxygen atoms in total. The summed E-state index contributed by atoms with van der Waals surface area (Å²) in [5.41, 5.74) is 1.84. The van der Waals surface area contributed by atoms with E-state index in [1.807, 2.05) is 30.3 Å². The zero-order valence-electron chi connectivity index (χ0n) is 18.5. The zero-order chi connectivity index (χ0) is 24.3. The molecule has 1 aromatic heterocycles. The minimum atomic E-state index is -1.08. The number of rotatable bonds is 14. The summed E-state index contributed by atoms with van der Waals surface area (Å²) in [5.74, 6) is 1.76. The summed E-state index contributed by atoms with van der Waals surface area (Å²) in [4.78, 5) is 24.9. The van der Waals surface area contributed by atoms with Gasteiger partial charge in [0.15, 0.2) is 0 Å². The molecule has 0 aliphatic rings. The van der Waals surface area contributed by atoms with Gasteiger partial charge in [0.1, 0.15) is 11.3 Å². The molecule has 0 aliphatic heterocycles. The van der Waals surface area contributed by atoms with Crippen molar-refractivity contribution in [3.63, 3.8) is 0 Å². The van der Waals surface area contributed by atoms with Crippen LogP contribution in [0, 0.1) is 0 Å². The molecule has 0 spiro atoms. The Labute approximate surface area is 205 Å². The number of carbonyl (C=O) groups is 1. The molecular weight excluding hydrogens is 478 g/mol. The first-order valence-corrected chi connectivity index (χ1v) is 12.9. The predicted octanol–water partition coefficient (Wildman–Crippen LogP) is 3.07. The molecule has 0 radical (unpaired) electrons. The fraction of sp³-hybridized carbons (Fsp3) is 0.391. The van der Waals surface area contributed by atoms with Crippen molar-refractivity contribution in [3.05, 3.63) is 63.3 Å². The van der Waals surface area contributed by atoms with E-state index < -0.39 is 18.2 Å². The maximum absolute atomic E-state index is 11.6. The highest BCUT2D eigenvalue weighted by atomic mass is 32.2. The van der Waals surface area contributed by atoms with Crippen molar-refractivity contribution in [3.8, 4) is 5.75 Å². The van der Waals surface area contributed by atoms with Crippen molar-refractivity contribution in [1.82, 2.24) is 15.6 Å². The highest BCUT2D eigenvalue weighted by molar-refractivity contribution is 7.99. The zero-order valence-corrected chi connectivity index (χ0v) is 20.2. The van der Waals surface area contributed by atoms with Crippen molar-refractivity contribution in [2.75, 3.05) is 37.8 Å². The molecule has 1 amide bonds. The van der Waals surface area contributed by atoms with Crippen LogP contribution in [0.2, 0.25) is 0 Å². The van der Waals surface area contributed by atoms with Crippen LogP contribution >= 0.6 is 23.1 Å². The molecule has 0 saturated carbocycles. The molecule has 3 rings (SSSR count). The lowest BCUT2D eigenvalue weighted by Gasteiger charge is -2.17. The number of aromatic hydroxyl groups is 1. The third-order valence-electron chi connectivity index (χ3n) is 5.07. The van der Waals surface area contributed by atoms with Crippen molar-refractivity contribution in [1.29, 1.82) is 0 Å². The first-order valence-electron chi connectivity index (χ1n) is 10.9. The number of hydrogen-bond donors (Lipinski definition) is 6. The van der Waals surface area contributed by atoms with E-state index in [-0.39, 0.29) is 17.2 Å². The molecule has 6 N–H and O–H groups in total. The van der Waals surface area contributed by atoms with Crippen molar-refractivity contribution >= 4 is 39.4 Å². The van der Waals surface area contributed by atoms with E-state index in [0.717, 1.165) is 34.8 Å². The molecule has 1 heterocycles. The van der Waals surface area contributed by atoms with Gasteiger partial charge in [-0.15, -0.1) is 0 Å². The maximum atomic E-state index is 11.6. The van der Waals surface area contributed by atoms with Gasteiger partial charge >= 0.3 is 11.0 Å². The Morgan fingerprint density at radius 2 is 1.97 bits per heavy atom. The second kappa shape index (κ2) is 13.4. The number of amides is 1. The number of aromatic nitrogens is 1. The van der Waals surface area contributed by atoms with Gasteiger partial charge in [-0.25, -0.2) is 4.79 Å². The van der Waals surface area contributed by atoms with E-state index in [1.165, 1.54) is 6.07 Å². The van der Waals surface area contributed by atoms with E-state index in [4.69, 9.17) is 9.84 Å². The van der Waals surface area contributed by atoms with Gasteiger partial charge in [0.05, 0.1) is 23.5 Å². The third-order valence-corrected chi connectivity index (χ3v) is 7.07. The molecule has 34 heavy (non-hydrogen) atoms. The average molecular weight is 508 g/mol. The van der Waals surface area contributed by atoms with Crippen LogP contribution in [0.1, 0.15) is 29.7 Å². The van der Waals surface area contributed by atoms with Gasteiger partial charge in [0.2, 0.25) is 0 Å². The van der Waals surface area contributed by atoms with Crippen LogP contribution in [0.5, 0.6) is 5.75 Å². The number of thiazole rings is 1.